The predicted octanol–water partition coefficient (Wildman–Crippen LogP) is 3.31. The van der Waals surface area contributed by atoms with Crippen molar-refractivity contribution < 1.29 is 4.74 Å². The molecule has 2 rings (SSSR count). The summed E-state index contributed by atoms with van der Waals surface area (Å²) in [5.41, 5.74) is 2.64. The summed E-state index contributed by atoms with van der Waals surface area (Å²) in [7, 11) is 0. The van der Waals surface area contributed by atoms with Crippen LogP contribution in [0.1, 0.15) is 44.7 Å². The van der Waals surface area contributed by atoms with E-state index in [0.717, 1.165) is 51.6 Å². The monoisotopic (exact) mass is 531 g/mol. The average Bonchev–Trinajstić information content (AvgIpc) is 2.76. The number of nitrogens with one attached hydrogen (secondary N) is 2. The summed E-state index contributed by atoms with van der Waals surface area (Å²) < 4.78 is 5.38. The zero-order valence-electron chi connectivity index (χ0n) is 19.2. The molecule has 0 aromatic heterocycles. The van der Waals surface area contributed by atoms with Crippen LogP contribution in [0.15, 0.2) is 29.3 Å². The Labute approximate surface area is 200 Å². The van der Waals surface area contributed by atoms with E-state index in [9.17, 15) is 0 Å². The van der Waals surface area contributed by atoms with E-state index in [4.69, 9.17) is 9.73 Å². The van der Waals surface area contributed by atoms with E-state index in [1.54, 1.807) is 0 Å². The van der Waals surface area contributed by atoms with Gasteiger partial charge in [-0.25, -0.2) is 4.99 Å². The number of rotatable bonds is 12. The van der Waals surface area contributed by atoms with Gasteiger partial charge < -0.3 is 20.3 Å². The molecular formula is C23H42IN5O. The number of ether oxygens (including phenoxy) is 1. The highest BCUT2D eigenvalue weighted by Gasteiger charge is 2.15. The maximum Gasteiger partial charge on any atom is 0.191 e. The molecular weight excluding hydrogens is 489 g/mol. The van der Waals surface area contributed by atoms with Crippen molar-refractivity contribution in [2.45, 2.75) is 46.7 Å². The summed E-state index contributed by atoms with van der Waals surface area (Å²) in [4.78, 5) is 9.80. The number of hydrogen-bond acceptors (Lipinski definition) is 4. The fourth-order valence-electron chi connectivity index (χ4n) is 3.46. The molecule has 0 unspecified atom stereocenters. The van der Waals surface area contributed by atoms with Crippen LogP contribution in [0, 0.1) is 0 Å². The average molecular weight is 532 g/mol. The maximum atomic E-state index is 5.38. The highest BCUT2D eigenvalue weighted by molar-refractivity contribution is 14.0. The second-order valence-electron chi connectivity index (χ2n) is 7.55. The molecule has 6 nitrogen and oxygen atoms in total. The Morgan fingerprint density at radius 1 is 0.933 bits per heavy atom. The normalized spacial score (nSPS) is 15.6. The molecule has 1 heterocycles. The quantitative estimate of drug-likeness (QED) is 0.188. The molecule has 30 heavy (non-hydrogen) atoms. The van der Waals surface area contributed by atoms with Crippen LogP contribution in [0.2, 0.25) is 0 Å². The Morgan fingerprint density at radius 2 is 1.60 bits per heavy atom. The number of guanidine groups is 1. The summed E-state index contributed by atoms with van der Waals surface area (Å²) in [6, 6.07) is 8.94. The minimum absolute atomic E-state index is 0. The fraction of sp³-hybridized carbons (Fsp3) is 0.696. The lowest BCUT2D eigenvalue weighted by Gasteiger charge is -2.34. The van der Waals surface area contributed by atoms with Gasteiger partial charge in [-0.2, -0.15) is 0 Å². The van der Waals surface area contributed by atoms with Crippen LogP contribution in [-0.2, 0) is 17.8 Å². The SMILES string of the molecule is CCNC(=NCc1ccc(CN2CCN(CC)CC2)cc1)NCCCCOCC.I. The fourth-order valence-corrected chi connectivity index (χ4v) is 3.46. The molecule has 7 heteroatoms. The summed E-state index contributed by atoms with van der Waals surface area (Å²) in [6.45, 7) is 17.4. The Bertz CT molecular complexity index is 573. The third-order valence-corrected chi connectivity index (χ3v) is 5.32. The summed E-state index contributed by atoms with van der Waals surface area (Å²) in [5.74, 6) is 0.891. The Balaban J connectivity index is 0.00000450. The zero-order valence-corrected chi connectivity index (χ0v) is 21.5. The lowest BCUT2D eigenvalue weighted by molar-refractivity contribution is 0.132. The van der Waals surface area contributed by atoms with E-state index in [1.165, 1.54) is 43.9 Å². The van der Waals surface area contributed by atoms with Gasteiger partial charge >= 0.3 is 0 Å². The second kappa shape index (κ2) is 16.8. The molecule has 1 saturated heterocycles. The first-order valence-electron chi connectivity index (χ1n) is 11.4. The number of halogens is 1. The van der Waals surface area contributed by atoms with E-state index >= 15 is 0 Å². The van der Waals surface area contributed by atoms with Crippen LogP contribution in [0.4, 0.5) is 0 Å². The van der Waals surface area contributed by atoms with Crippen molar-refractivity contribution in [2.75, 3.05) is 59.0 Å². The molecule has 1 fully saturated rings. The van der Waals surface area contributed by atoms with Gasteiger partial charge in [0.1, 0.15) is 0 Å². The predicted molar refractivity (Wildman–Crippen MR) is 138 cm³/mol. The van der Waals surface area contributed by atoms with Gasteiger partial charge in [0, 0.05) is 59.0 Å². The third-order valence-electron chi connectivity index (χ3n) is 5.32. The van der Waals surface area contributed by atoms with E-state index in [-0.39, 0.29) is 24.0 Å². The number of unbranched alkanes of at least 4 members (excludes halogenated alkanes) is 1. The number of piperazine rings is 1. The molecule has 172 valence electrons. The number of hydrogen-bond donors (Lipinski definition) is 2. The third kappa shape index (κ3) is 10.9. The molecule has 1 aliphatic heterocycles. The second-order valence-corrected chi connectivity index (χ2v) is 7.55. The van der Waals surface area contributed by atoms with Crippen molar-refractivity contribution in [3.8, 4) is 0 Å². The molecule has 0 amide bonds. The highest BCUT2D eigenvalue weighted by atomic mass is 127. The van der Waals surface area contributed by atoms with Crippen molar-refractivity contribution >= 4 is 29.9 Å². The molecule has 0 atom stereocenters. The molecule has 1 aliphatic rings. The Hall–Kier alpha value is -0.900. The smallest absolute Gasteiger partial charge is 0.191 e. The molecule has 1 aromatic carbocycles. The van der Waals surface area contributed by atoms with Gasteiger partial charge in [-0.3, -0.25) is 4.90 Å². The van der Waals surface area contributed by atoms with Gasteiger partial charge in [-0.15, -0.1) is 24.0 Å². The topological polar surface area (TPSA) is 52.1 Å². The van der Waals surface area contributed by atoms with Crippen LogP contribution < -0.4 is 10.6 Å². The molecule has 1 aromatic rings. The van der Waals surface area contributed by atoms with Gasteiger partial charge in [0.25, 0.3) is 0 Å². The molecule has 0 spiro atoms. The Kier molecular flexibility index (Phi) is 15.2. The first-order chi connectivity index (χ1) is 14.2. The minimum atomic E-state index is 0. The van der Waals surface area contributed by atoms with Crippen molar-refractivity contribution in [3.63, 3.8) is 0 Å². The first kappa shape index (κ1) is 27.1. The van der Waals surface area contributed by atoms with Crippen molar-refractivity contribution in [1.82, 2.24) is 20.4 Å². The number of nitrogens with zero attached hydrogens (tertiary/aromatic N) is 3. The van der Waals surface area contributed by atoms with Gasteiger partial charge in [-0.1, -0.05) is 31.2 Å². The molecule has 0 radical (unpaired) electrons. The largest absolute Gasteiger partial charge is 0.382 e. The summed E-state index contributed by atoms with van der Waals surface area (Å²) in [6.07, 6.45) is 2.17. The van der Waals surface area contributed by atoms with Gasteiger partial charge in [0.05, 0.1) is 6.54 Å². The minimum Gasteiger partial charge on any atom is -0.382 e. The van der Waals surface area contributed by atoms with Crippen LogP contribution in [0.3, 0.4) is 0 Å². The van der Waals surface area contributed by atoms with Crippen LogP contribution in [0.5, 0.6) is 0 Å². The number of aliphatic imine (C=N–C) groups is 1. The van der Waals surface area contributed by atoms with Crippen molar-refractivity contribution in [2.24, 2.45) is 4.99 Å². The van der Waals surface area contributed by atoms with Crippen molar-refractivity contribution in [1.29, 1.82) is 0 Å². The summed E-state index contributed by atoms with van der Waals surface area (Å²) in [5, 5.41) is 6.74. The zero-order chi connectivity index (χ0) is 20.7. The van der Waals surface area contributed by atoms with E-state index in [0.29, 0.717) is 6.54 Å². The van der Waals surface area contributed by atoms with E-state index < -0.39 is 0 Å². The molecule has 0 saturated carbocycles. The first-order valence-corrected chi connectivity index (χ1v) is 11.4. The highest BCUT2D eigenvalue weighted by Crippen LogP contribution is 2.11. The molecule has 0 bridgehead atoms. The standard InChI is InChI=1S/C23H41N5O.HI/c1-4-24-23(25-13-7-8-18-29-6-3)26-19-21-9-11-22(12-10-21)20-28-16-14-27(5-2)15-17-28;/h9-12H,4-8,13-20H2,1-3H3,(H2,24,25,26);1H. The Morgan fingerprint density at radius 3 is 2.23 bits per heavy atom. The summed E-state index contributed by atoms with van der Waals surface area (Å²) >= 11 is 0. The van der Waals surface area contributed by atoms with Crippen LogP contribution in [0.25, 0.3) is 0 Å². The van der Waals surface area contributed by atoms with Crippen molar-refractivity contribution in [3.05, 3.63) is 35.4 Å². The number of likely N-dealkylation sites (N-methyl/N-ethyl adjacent to an activating group) is 1. The lowest BCUT2D eigenvalue weighted by atomic mass is 10.1. The van der Waals surface area contributed by atoms with E-state index in [1.807, 2.05) is 6.92 Å². The van der Waals surface area contributed by atoms with Gasteiger partial charge in [0.15, 0.2) is 5.96 Å². The van der Waals surface area contributed by atoms with Crippen LogP contribution >= 0.6 is 24.0 Å². The van der Waals surface area contributed by atoms with E-state index in [2.05, 4.69) is 58.5 Å². The molecule has 2 N–H and O–H groups in total. The maximum absolute atomic E-state index is 5.38. The van der Waals surface area contributed by atoms with Crippen LogP contribution in [-0.4, -0.2) is 74.8 Å². The number of benzene rings is 1. The van der Waals surface area contributed by atoms with Gasteiger partial charge in [-0.05, 0) is 44.4 Å². The lowest BCUT2D eigenvalue weighted by Crippen LogP contribution is -2.45. The molecule has 0 aliphatic carbocycles. The van der Waals surface area contributed by atoms with Gasteiger partial charge in [0.2, 0.25) is 0 Å².